The molecule has 0 spiro atoms. The average molecular weight is 534 g/mol. The molecule has 178 valence electrons. The van der Waals surface area contributed by atoms with Crippen molar-refractivity contribution in [3.05, 3.63) is 149 Å². The molecule has 0 saturated heterocycles. The third-order valence-electron chi connectivity index (χ3n) is 6.55. The van der Waals surface area contributed by atoms with Crippen molar-refractivity contribution < 1.29 is 5.11 Å². The van der Waals surface area contributed by atoms with Gasteiger partial charge in [-0.05, 0) is 41.5 Å². The molecule has 0 radical (unpaired) electrons. The minimum absolute atomic E-state index is 0.831. The van der Waals surface area contributed by atoms with Crippen LogP contribution in [-0.4, -0.2) is 9.67 Å². The first-order valence-electron chi connectivity index (χ1n) is 12.3. The van der Waals surface area contributed by atoms with Gasteiger partial charge in [-0.25, -0.2) is 0 Å². The number of rotatable bonds is 4. The first kappa shape index (κ1) is 24.1. The fourth-order valence-corrected chi connectivity index (χ4v) is 5.38. The minimum atomic E-state index is -1.33. The molecule has 0 aliphatic heterocycles. The molecular weight excluding hydrogens is 506 g/mol. The fourth-order valence-electron chi connectivity index (χ4n) is 5.02. The van der Waals surface area contributed by atoms with Gasteiger partial charge >= 0.3 is 0 Å². The van der Waals surface area contributed by atoms with Crippen LogP contribution in [-0.2, 0) is 5.60 Å². The lowest BCUT2D eigenvalue weighted by molar-refractivity contribution is 0.125. The van der Waals surface area contributed by atoms with E-state index in [1.165, 1.54) is 10.8 Å². The highest BCUT2D eigenvalue weighted by Gasteiger charge is 2.36. The standard InChI is InChI=1S/C31H22BrNO.C2H6/c32-24-19-20-29-26(21-24)25-15-7-9-17-28(25)33(29)30-18-10-8-16-27(30)31(34,22-11-3-1-4-12-22)23-13-5-2-6-14-23;1-2/h1-21,34H;1-2H3. The molecule has 0 aliphatic rings. The molecule has 3 heteroatoms. The quantitative estimate of drug-likeness (QED) is 0.225. The highest BCUT2D eigenvalue weighted by Crippen LogP contribution is 2.42. The Morgan fingerprint density at radius 1 is 0.583 bits per heavy atom. The van der Waals surface area contributed by atoms with Crippen molar-refractivity contribution in [3.8, 4) is 5.69 Å². The Labute approximate surface area is 220 Å². The smallest absolute Gasteiger partial charge is 0.142 e. The number of aromatic nitrogens is 1. The van der Waals surface area contributed by atoms with E-state index in [4.69, 9.17) is 0 Å². The summed E-state index contributed by atoms with van der Waals surface area (Å²) in [5, 5.41) is 14.9. The SMILES string of the molecule is CC.OC(c1ccccc1)(c1ccccc1)c1ccccc1-n1c2ccccc2c2cc(Br)ccc21. The molecule has 0 atom stereocenters. The second kappa shape index (κ2) is 10.1. The molecular formula is C33H28BrNO. The lowest BCUT2D eigenvalue weighted by Crippen LogP contribution is -2.30. The van der Waals surface area contributed by atoms with Crippen molar-refractivity contribution in [1.29, 1.82) is 0 Å². The second-order valence-corrected chi connectivity index (χ2v) is 9.39. The lowest BCUT2D eigenvalue weighted by Gasteiger charge is -2.32. The summed E-state index contributed by atoms with van der Waals surface area (Å²) in [5.41, 5.74) is 4.32. The number of nitrogens with zero attached hydrogens (tertiary/aromatic N) is 1. The highest BCUT2D eigenvalue weighted by atomic mass is 79.9. The van der Waals surface area contributed by atoms with E-state index in [-0.39, 0.29) is 0 Å². The monoisotopic (exact) mass is 533 g/mol. The number of halogens is 1. The first-order chi connectivity index (χ1) is 17.7. The third kappa shape index (κ3) is 3.95. The zero-order chi connectivity index (χ0) is 25.1. The summed E-state index contributed by atoms with van der Waals surface area (Å²) in [7, 11) is 0. The maximum absolute atomic E-state index is 12.6. The molecule has 1 N–H and O–H groups in total. The van der Waals surface area contributed by atoms with E-state index in [2.05, 4.69) is 69.0 Å². The molecule has 0 amide bonds. The van der Waals surface area contributed by atoms with Crippen LogP contribution in [0.15, 0.2) is 132 Å². The number of benzene rings is 5. The van der Waals surface area contributed by atoms with Crippen molar-refractivity contribution in [2.24, 2.45) is 0 Å². The molecule has 36 heavy (non-hydrogen) atoms. The molecule has 0 unspecified atom stereocenters. The Kier molecular flexibility index (Phi) is 6.77. The number of hydrogen-bond acceptors (Lipinski definition) is 1. The van der Waals surface area contributed by atoms with Gasteiger partial charge in [0.15, 0.2) is 0 Å². The molecule has 1 heterocycles. The Hall–Kier alpha value is -3.66. The van der Waals surface area contributed by atoms with Crippen molar-refractivity contribution in [2.75, 3.05) is 0 Å². The van der Waals surface area contributed by atoms with Crippen LogP contribution in [0.2, 0.25) is 0 Å². The van der Waals surface area contributed by atoms with Gasteiger partial charge < -0.3 is 9.67 Å². The molecule has 1 aromatic heterocycles. The van der Waals surface area contributed by atoms with Crippen LogP contribution in [0.1, 0.15) is 30.5 Å². The van der Waals surface area contributed by atoms with Crippen molar-refractivity contribution in [2.45, 2.75) is 19.4 Å². The Morgan fingerprint density at radius 3 is 1.78 bits per heavy atom. The van der Waals surface area contributed by atoms with E-state index >= 15 is 0 Å². The topological polar surface area (TPSA) is 25.2 Å². The molecule has 0 fully saturated rings. The predicted octanol–water partition coefficient (Wildman–Crippen LogP) is 8.86. The van der Waals surface area contributed by atoms with Gasteiger partial charge in [0.1, 0.15) is 5.60 Å². The van der Waals surface area contributed by atoms with Crippen molar-refractivity contribution >= 4 is 37.7 Å². The summed E-state index contributed by atoms with van der Waals surface area (Å²) in [6.45, 7) is 4.00. The maximum atomic E-state index is 12.6. The van der Waals surface area contributed by atoms with Gasteiger partial charge in [-0.3, -0.25) is 0 Å². The normalized spacial score (nSPS) is 11.3. The average Bonchev–Trinajstić information content (AvgIpc) is 3.28. The van der Waals surface area contributed by atoms with Crippen molar-refractivity contribution in [1.82, 2.24) is 4.57 Å². The van der Waals surface area contributed by atoms with Gasteiger partial charge in [0.25, 0.3) is 0 Å². The van der Waals surface area contributed by atoms with E-state index in [0.717, 1.165) is 37.9 Å². The minimum Gasteiger partial charge on any atom is -0.376 e. The van der Waals surface area contributed by atoms with E-state index in [0.29, 0.717) is 0 Å². The Bertz CT molecular complexity index is 1580. The Morgan fingerprint density at radius 2 is 1.11 bits per heavy atom. The molecule has 0 aliphatic carbocycles. The molecule has 0 bridgehead atoms. The predicted molar refractivity (Wildman–Crippen MR) is 155 cm³/mol. The van der Waals surface area contributed by atoms with Gasteiger partial charge in [-0.15, -0.1) is 0 Å². The summed E-state index contributed by atoms with van der Waals surface area (Å²) in [4.78, 5) is 0. The van der Waals surface area contributed by atoms with Crippen LogP contribution in [0, 0.1) is 0 Å². The zero-order valence-corrected chi connectivity index (χ0v) is 22.0. The van der Waals surface area contributed by atoms with Gasteiger partial charge in [0, 0.05) is 20.8 Å². The molecule has 0 saturated carbocycles. The van der Waals surface area contributed by atoms with Gasteiger partial charge in [0.05, 0.1) is 16.7 Å². The molecule has 6 rings (SSSR count). The van der Waals surface area contributed by atoms with Gasteiger partial charge in [0.2, 0.25) is 0 Å². The highest BCUT2D eigenvalue weighted by molar-refractivity contribution is 9.10. The lowest BCUT2D eigenvalue weighted by atomic mass is 9.79. The maximum Gasteiger partial charge on any atom is 0.142 e. The summed E-state index contributed by atoms with van der Waals surface area (Å²) < 4.78 is 3.31. The summed E-state index contributed by atoms with van der Waals surface area (Å²) in [5.74, 6) is 0. The first-order valence-corrected chi connectivity index (χ1v) is 13.1. The summed E-state index contributed by atoms with van der Waals surface area (Å²) in [6.07, 6.45) is 0. The molecule has 5 aromatic carbocycles. The second-order valence-electron chi connectivity index (χ2n) is 8.47. The van der Waals surface area contributed by atoms with E-state index in [1.807, 2.05) is 92.7 Å². The number of hydrogen-bond donors (Lipinski definition) is 1. The number of fused-ring (bicyclic) bond motifs is 3. The van der Waals surface area contributed by atoms with Crippen LogP contribution in [0.5, 0.6) is 0 Å². The van der Waals surface area contributed by atoms with Crippen LogP contribution in [0.3, 0.4) is 0 Å². The number of para-hydroxylation sites is 2. The van der Waals surface area contributed by atoms with E-state index < -0.39 is 5.60 Å². The summed E-state index contributed by atoms with van der Waals surface area (Å²) >= 11 is 3.64. The fraction of sp³-hybridized carbons (Fsp3) is 0.0909. The Balaban J connectivity index is 0.00000130. The molecule has 6 aromatic rings. The molecule has 2 nitrogen and oxygen atoms in total. The summed E-state index contributed by atoms with van der Waals surface area (Å²) in [6, 6.07) is 42.8. The number of aliphatic hydroxyl groups is 1. The third-order valence-corrected chi connectivity index (χ3v) is 7.05. The van der Waals surface area contributed by atoms with E-state index in [9.17, 15) is 5.11 Å². The van der Waals surface area contributed by atoms with Crippen LogP contribution < -0.4 is 0 Å². The van der Waals surface area contributed by atoms with Crippen molar-refractivity contribution in [3.63, 3.8) is 0 Å². The largest absolute Gasteiger partial charge is 0.376 e. The van der Waals surface area contributed by atoms with E-state index in [1.54, 1.807) is 0 Å². The van der Waals surface area contributed by atoms with Crippen LogP contribution in [0.25, 0.3) is 27.5 Å². The van der Waals surface area contributed by atoms with Gasteiger partial charge in [-0.1, -0.05) is 127 Å². The van der Waals surface area contributed by atoms with Crippen LogP contribution in [0.4, 0.5) is 0 Å². The van der Waals surface area contributed by atoms with Crippen LogP contribution >= 0.6 is 15.9 Å². The zero-order valence-electron chi connectivity index (χ0n) is 20.4. The van der Waals surface area contributed by atoms with Gasteiger partial charge in [-0.2, -0.15) is 0 Å².